The van der Waals surface area contributed by atoms with Gasteiger partial charge < -0.3 is 0 Å². The molecule has 0 N–H and O–H groups in total. The van der Waals surface area contributed by atoms with E-state index < -0.39 is 0 Å². The summed E-state index contributed by atoms with van der Waals surface area (Å²) < 4.78 is 0. The Kier molecular flexibility index (Phi) is 8.30. The maximum absolute atomic E-state index is 6.03. The third-order valence-corrected chi connectivity index (χ3v) is 4.71. The summed E-state index contributed by atoms with van der Waals surface area (Å²) in [4.78, 5) is 0. The van der Waals surface area contributed by atoms with Crippen LogP contribution in [0.15, 0.2) is 24.3 Å². The van der Waals surface area contributed by atoms with Crippen LogP contribution < -0.4 is 0 Å². The first-order chi connectivity index (χ1) is 9.62. The van der Waals surface area contributed by atoms with E-state index in [4.69, 9.17) is 11.6 Å². The quantitative estimate of drug-likeness (QED) is 0.402. The topological polar surface area (TPSA) is 0 Å². The summed E-state index contributed by atoms with van der Waals surface area (Å²) in [5, 5.41) is 0.843. The molecule has 0 fully saturated rings. The maximum atomic E-state index is 6.03. The monoisotopic (exact) mass is 294 g/mol. The maximum Gasteiger partial charge on any atom is 0.0406 e. The van der Waals surface area contributed by atoms with Crippen molar-refractivity contribution < 1.29 is 0 Å². The molecule has 0 spiro atoms. The summed E-state index contributed by atoms with van der Waals surface area (Å²) in [5.74, 6) is 0. The predicted octanol–water partition coefficient (Wildman–Crippen LogP) is 7.15. The van der Waals surface area contributed by atoms with Crippen LogP contribution in [0.1, 0.15) is 84.1 Å². The molecule has 0 nitrogen and oxygen atoms in total. The molecular formula is C19H31Cl. The van der Waals surface area contributed by atoms with Crippen molar-refractivity contribution in [2.24, 2.45) is 0 Å². The Balaban J connectivity index is 2.68. The highest BCUT2D eigenvalue weighted by molar-refractivity contribution is 6.30. The van der Waals surface area contributed by atoms with Crippen LogP contribution in [0, 0.1) is 0 Å². The average Bonchev–Trinajstić information content (AvgIpc) is 2.45. The van der Waals surface area contributed by atoms with Gasteiger partial charge in [-0.05, 0) is 36.0 Å². The minimum Gasteiger partial charge on any atom is -0.0843 e. The molecule has 114 valence electrons. The van der Waals surface area contributed by atoms with Crippen molar-refractivity contribution in [1.29, 1.82) is 0 Å². The van der Waals surface area contributed by atoms with Crippen LogP contribution in [-0.2, 0) is 5.41 Å². The molecule has 1 unspecified atom stereocenters. The predicted molar refractivity (Wildman–Crippen MR) is 91.7 cm³/mol. The molecule has 1 heteroatoms. The van der Waals surface area contributed by atoms with Crippen molar-refractivity contribution in [2.75, 3.05) is 0 Å². The normalized spacial score (nSPS) is 14.2. The van der Waals surface area contributed by atoms with Crippen LogP contribution >= 0.6 is 11.6 Å². The van der Waals surface area contributed by atoms with Gasteiger partial charge in [-0.1, -0.05) is 89.5 Å². The Morgan fingerprint density at radius 2 is 1.30 bits per heavy atom. The molecule has 0 saturated heterocycles. The van der Waals surface area contributed by atoms with Gasteiger partial charge >= 0.3 is 0 Å². The SMILES string of the molecule is CCCCCCC(C)(CCCCC)c1ccc(Cl)cc1. The second kappa shape index (κ2) is 9.45. The summed E-state index contributed by atoms with van der Waals surface area (Å²) in [5.41, 5.74) is 1.79. The first-order valence-electron chi connectivity index (χ1n) is 8.38. The van der Waals surface area contributed by atoms with Crippen molar-refractivity contribution in [1.82, 2.24) is 0 Å². The minimum absolute atomic E-state index is 0.327. The number of rotatable bonds is 10. The molecule has 0 bridgehead atoms. The Morgan fingerprint density at radius 3 is 1.85 bits per heavy atom. The molecular weight excluding hydrogens is 264 g/mol. The third kappa shape index (κ3) is 5.87. The van der Waals surface area contributed by atoms with Gasteiger partial charge in [-0.25, -0.2) is 0 Å². The van der Waals surface area contributed by atoms with Gasteiger partial charge in [0.1, 0.15) is 0 Å². The Bertz CT molecular complexity index is 355. The van der Waals surface area contributed by atoms with Gasteiger partial charge in [-0.15, -0.1) is 0 Å². The van der Waals surface area contributed by atoms with E-state index in [9.17, 15) is 0 Å². The highest BCUT2D eigenvalue weighted by atomic mass is 35.5. The Hall–Kier alpha value is -0.490. The van der Waals surface area contributed by atoms with E-state index in [0.29, 0.717) is 5.41 Å². The highest BCUT2D eigenvalue weighted by Gasteiger charge is 2.25. The molecule has 0 amide bonds. The molecule has 20 heavy (non-hydrogen) atoms. The van der Waals surface area contributed by atoms with Gasteiger partial charge in [0, 0.05) is 5.02 Å². The number of unbranched alkanes of at least 4 members (excludes halogenated alkanes) is 5. The van der Waals surface area contributed by atoms with Gasteiger partial charge in [0.2, 0.25) is 0 Å². The second-order valence-corrected chi connectivity index (χ2v) is 6.77. The van der Waals surface area contributed by atoms with Crippen LogP contribution in [-0.4, -0.2) is 0 Å². The van der Waals surface area contributed by atoms with Crippen LogP contribution in [0.25, 0.3) is 0 Å². The van der Waals surface area contributed by atoms with Crippen molar-refractivity contribution in [2.45, 2.75) is 84.0 Å². The lowest BCUT2D eigenvalue weighted by atomic mass is 9.74. The molecule has 1 atom stereocenters. The van der Waals surface area contributed by atoms with E-state index in [0.717, 1.165) is 5.02 Å². The fraction of sp³-hybridized carbons (Fsp3) is 0.684. The fourth-order valence-corrected chi connectivity index (χ4v) is 3.10. The lowest BCUT2D eigenvalue weighted by Crippen LogP contribution is -2.22. The third-order valence-electron chi connectivity index (χ3n) is 4.46. The molecule has 0 aliphatic carbocycles. The number of hydrogen-bond donors (Lipinski definition) is 0. The standard InChI is InChI=1S/C19H31Cl/c1-4-6-8-10-16-19(3,15-9-7-5-2)17-11-13-18(20)14-12-17/h11-14H,4-10,15-16H2,1-3H3. The molecule has 0 aromatic heterocycles. The molecule has 1 aromatic rings. The smallest absolute Gasteiger partial charge is 0.0406 e. The van der Waals surface area contributed by atoms with E-state index >= 15 is 0 Å². The second-order valence-electron chi connectivity index (χ2n) is 6.34. The van der Waals surface area contributed by atoms with Gasteiger partial charge in [-0.2, -0.15) is 0 Å². The summed E-state index contributed by atoms with van der Waals surface area (Å²) in [6, 6.07) is 8.55. The van der Waals surface area contributed by atoms with Crippen molar-refractivity contribution in [3.05, 3.63) is 34.9 Å². The van der Waals surface area contributed by atoms with Crippen LogP contribution in [0.2, 0.25) is 5.02 Å². The zero-order valence-electron chi connectivity index (χ0n) is 13.6. The first-order valence-corrected chi connectivity index (χ1v) is 8.76. The fourth-order valence-electron chi connectivity index (χ4n) is 2.97. The van der Waals surface area contributed by atoms with Crippen LogP contribution in [0.3, 0.4) is 0 Å². The molecule has 0 saturated carbocycles. The Labute approximate surface area is 130 Å². The van der Waals surface area contributed by atoms with E-state index in [1.165, 1.54) is 63.4 Å². The van der Waals surface area contributed by atoms with E-state index in [2.05, 4.69) is 32.9 Å². The van der Waals surface area contributed by atoms with Gasteiger partial charge in [0.25, 0.3) is 0 Å². The zero-order valence-corrected chi connectivity index (χ0v) is 14.3. The minimum atomic E-state index is 0.327. The molecule has 1 aromatic carbocycles. The summed E-state index contributed by atoms with van der Waals surface area (Å²) in [6.45, 7) is 7.00. The molecule has 1 rings (SSSR count). The largest absolute Gasteiger partial charge is 0.0843 e. The van der Waals surface area contributed by atoms with E-state index in [1.54, 1.807) is 0 Å². The lowest BCUT2D eigenvalue weighted by Gasteiger charge is -2.31. The van der Waals surface area contributed by atoms with Crippen LogP contribution in [0.4, 0.5) is 0 Å². The first kappa shape index (κ1) is 17.6. The van der Waals surface area contributed by atoms with Crippen molar-refractivity contribution in [3.8, 4) is 0 Å². The van der Waals surface area contributed by atoms with Crippen molar-refractivity contribution in [3.63, 3.8) is 0 Å². The van der Waals surface area contributed by atoms with Crippen LogP contribution in [0.5, 0.6) is 0 Å². The zero-order chi connectivity index (χ0) is 14.8. The number of hydrogen-bond acceptors (Lipinski definition) is 0. The summed E-state index contributed by atoms with van der Waals surface area (Å²) in [7, 11) is 0. The van der Waals surface area contributed by atoms with E-state index in [1.807, 2.05) is 12.1 Å². The van der Waals surface area contributed by atoms with Crippen molar-refractivity contribution >= 4 is 11.6 Å². The number of benzene rings is 1. The molecule has 0 radical (unpaired) electrons. The molecule has 0 aliphatic heterocycles. The van der Waals surface area contributed by atoms with Gasteiger partial charge in [0.05, 0.1) is 0 Å². The highest BCUT2D eigenvalue weighted by Crippen LogP contribution is 2.35. The number of halogens is 1. The molecule has 0 heterocycles. The van der Waals surface area contributed by atoms with Gasteiger partial charge in [0.15, 0.2) is 0 Å². The van der Waals surface area contributed by atoms with Gasteiger partial charge in [-0.3, -0.25) is 0 Å². The van der Waals surface area contributed by atoms with E-state index in [-0.39, 0.29) is 0 Å². The molecule has 0 aliphatic rings. The summed E-state index contributed by atoms with van der Waals surface area (Å²) >= 11 is 6.03. The average molecular weight is 295 g/mol. The summed E-state index contributed by atoms with van der Waals surface area (Å²) in [6.07, 6.45) is 12.0. The lowest BCUT2D eigenvalue weighted by molar-refractivity contribution is 0.366. The Morgan fingerprint density at radius 1 is 0.800 bits per heavy atom.